The normalized spacial score (nSPS) is 15.7. The summed E-state index contributed by atoms with van der Waals surface area (Å²) in [7, 11) is 4.63. The van der Waals surface area contributed by atoms with Gasteiger partial charge in [-0.15, -0.1) is 0 Å². The van der Waals surface area contributed by atoms with Crippen molar-refractivity contribution in [1.82, 2.24) is 0 Å². The average Bonchev–Trinajstić information content (AvgIpc) is 2.19. The summed E-state index contributed by atoms with van der Waals surface area (Å²) >= 11 is 4.22. The van der Waals surface area contributed by atoms with Gasteiger partial charge < -0.3 is 4.43 Å². The molecule has 0 aliphatic heterocycles. The summed E-state index contributed by atoms with van der Waals surface area (Å²) in [4.78, 5) is 0. The van der Waals surface area contributed by atoms with Crippen molar-refractivity contribution in [1.29, 1.82) is 0 Å². The molecule has 0 radical (unpaired) electrons. The van der Waals surface area contributed by atoms with Gasteiger partial charge in [0.25, 0.3) is 0 Å². The van der Waals surface area contributed by atoms with E-state index in [9.17, 15) is 0 Å². The molecule has 0 heterocycles. The zero-order valence-corrected chi connectivity index (χ0v) is 12.9. The van der Waals surface area contributed by atoms with E-state index in [0.717, 1.165) is 6.42 Å². The first-order valence-corrected chi connectivity index (χ1v) is 9.21. The summed E-state index contributed by atoms with van der Waals surface area (Å²) in [5, 5.41) is 0. The molecule has 0 amide bonds. The Labute approximate surface area is 107 Å². The van der Waals surface area contributed by atoms with Gasteiger partial charge in [0, 0.05) is 11.5 Å². The van der Waals surface area contributed by atoms with Gasteiger partial charge >= 0.3 is 0 Å². The second kappa shape index (κ2) is 6.91. The third-order valence-electron chi connectivity index (χ3n) is 2.11. The maximum atomic E-state index is 5.40. The van der Waals surface area contributed by atoms with E-state index in [2.05, 4.69) is 48.9 Å². The molecular weight excluding hydrogens is 260 g/mol. The molecule has 0 aromatic heterocycles. The van der Waals surface area contributed by atoms with Gasteiger partial charge in [0.2, 0.25) is 0 Å². The maximum Gasteiger partial charge on any atom is 0.177 e. The number of hydrogen-bond acceptors (Lipinski definition) is 4. The molecule has 0 saturated carbocycles. The summed E-state index contributed by atoms with van der Waals surface area (Å²) < 4.78 is 5.63. The van der Waals surface area contributed by atoms with Crippen LogP contribution in [0.15, 0.2) is 30.3 Å². The van der Waals surface area contributed by atoms with E-state index in [-0.39, 0.29) is 4.37 Å². The van der Waals surface area contributed by atoms with E-state index < -0.39 is 9.76 Å². The van der Waals surface area contributed by atoms with Crippen molar-refractivity contribution in [3.63, 3.8) is 0 Å². The van der Waals surface area contributed by atoms with Gasteiger partial charge in [-0.1, -0.05) is 59.7 Å². The minimum atomic E-state index is -0.522. The summed E-state index contributed by atoms with van der Waals surface area (Å²) in [5.41, 5.74) is 1.37. The van der Waals surface area contributed by atoms with Crippen LogP contribution >= 0.6 is 32.3 Å². The molecule has 0 fully saturated rings. The predicted octanol–water partition coefficient (Wildman–Crippen LogP) is 2.90. The SMILES string of the molecule is CO[SiH2]C(C)(Cc1ccccc1)SSS. The third-order valence-corrected chi connectivity index (χ3v) is 7.40. The summed E-state index contributed by atoms with van der Waals surface area (Å²) in [6, 6.07) is 10.6. The van der Waals surface area contributed by atoms with Crippen molar-refractivity contribution in [2.75, 3.05) is 7.11 Å². The highest BCUT2D eigenvalue weighted by Crippen LogP contribution is 2.39. The largest absolute Gasteiger partial charge is 0.426 e. The van der Waals surface area contributed by atoms with E-state index >= 15 is 0 Å². The number of thiol groups is 1. The first kappa shape index (κ1) is 13.5. The molecule has 84 valence electrons. The van der Waals surface area contributed by atoms with Gasteiger partial charge in [0.15, 0.2) is 9.76 Å². The molecule has 1 nitrogen and oxygen atoms in total. The molecule has 5 heteroatoms. The molecule has 1 aromatic carbocycles. The Balaban J connectivity index is 2.66. The van der Waals surface area contributed by atoms with Crippen LogP contribution in [0.4, 0.5) is 0 Å². The fraction of sp³-hybridized carbons (Fsp3) is 0.400. The van der Waals surface area contributed by atoms with Crippen LogP contribution in [-0.4, -0.2) is 21.2 Å². The van der Waals surface area contributed by atoms with Crippen molar-refractivity contribution in [3.8, 4) is 0 Å². The number of hydrogen-bond donors (Lipinski definition) is 1. The van der Waals surface area contributed by atoms with Gasteiger partial charge in [0.05, 0.1) is 0 Å². The highest BCUT2D eigenvalue weighted by Gasteiger charge is 2.26. The second-order valence-corrected chi connectivity index (χ2v) is 10.2. The van der Waals surface area contributed by atoms with Crippen molar-refractivity contribution < 1.29 is 4.43 Å². The average molecular weight is 277 g/mol. The molecule has 0 aliphatic rings. The topological polar surface area (TPSA) is 9.23 Å². The van der Waals surface area contributed by atoms with Crippen molar-refractivity contribution >= 4 is 42.0 Å². The minimum absolute atomic E-state index is 0.225. The van der Waals surface area contributed by atoms with Crippen molar-refractivity contribution in [2.45, 2.75) is 17.7 Å². The van der Waals surface area contributed by atoms with Gasteiger partial charge in [0.1, 0.15) is 0 Å². The number of rotatable bonds is 6. The van der Waals surface area contributed by atoms with Crippen LogP contribution < -0.4 is 0 Å². The zero-order chi connectivity index (χ0) is 11.1. The molecule has 1 aromatic rings. The minimum Gasteiger partial charge on any atom is -0.426 e. The molecule has 0 aliphatic carbocycles. The van der Waals surface area contributed by atoms with Crippen LogP contribution in [0.25, 0.3) is 0 Å². The van der Waals surface area contributed by atoms with Crippen LogP contribution in [0, 0.1) is 0 Å². The molecule has 1 rings (SSSR count). The number of benzene rings is 1. The molecule has 0 saturated heterocycles. The molecule has 0 spiro atoms. The van der Waals surface area contributed by atoms with Crippen LogP contribution in [0.3, 0.4) is 0 Å². The first-order chi connectivity index (χ1) is 7.20. The van der Waals surface area contributed by atoms with Gasteiger partial charge in [-0.05, 0) is 21.8 Å². The Hall–Kier alpha value is 0.447. The van der Waals surface area contributed by atoms with Gasteiger partial charge in [-0.3, -0.25) is 0 Å². The van der Waals surface area contributed by atoms with Gasteiger partial charge in [-0.25, -0.2) is 0 Å². The quantitative estimate of drug-likeness (QED) is 0.486. The second-order valence-electron chi connectivity index (χ2n) is 3.70. The molecular formula is C10H16OS3Si. The van der Waals surface area contributed by atoms with E-state index in [1.54, 1.807) is 7.11 Å². The van der Waals surface area contributed by atoms with E-state index in [1.165, 1.54) is 15.4 Å². The molecule has 1 atom stereocenters. The Bertz CT molecular complexity index is 275. The van der Waals surface area contributed by atoms with Crippen molar-refractivity contribution in [2.24, 2.45) is 0 Å². The van der Waals surface area contributed by atoms with Crippen LogP contribution in [0.2, 0.25) is 0 Å². The Morgan fingerprint density at radius 1 is 1.40 bits per heavy atom. The monoisotopic (exact) mass is 276 g/mol. The van der Waals surface area contributed by atoms with Crippen LogP contribution in [-0.2, 0) is 10.8 Å². The lowest BCUT2D eigenvalue weighted by Crippen LogP contribution is -2.31. The summed E-state index contributed by atoms with van der Waals surface area (Å²) in [6.07, 6.45) is 1.06. The molecule has 0 bridgehead atoms. The molecule has 0 N–H and O–H groups in total. The highest BCUT2D eigenvalue weighted by atomic mass is 33.5. The Morgan fingerprint density at radius 3 is 2.60 bits per heavy atom. The van der Waals surface area contributed by atoms with Crippen molar-refractivity contribution in [3.05, 3.63) is 35.9 Å². The van der Waals surface area contributed by atoms with E-state index in [0.29, 0.717) is 0 Å². The molecule has 15 heavy (non-hydrogen) atoms. The first-order valence-electron chi connectivity index (χ1n) is 4.72. The fourth-order valence-electron chi connectivity index (χ4n) is 1.53. The summed E-state index contributed by atoms with van der Waals surface area (Å²) in [6.45, 7) is 2.27. The van der Waals surface area contributed by atoms with Crippen LogP contribution in [0.1, 0.15) is 12.5 Å². The Kier molecular flexibility index (Phi) is 6.22. The lowest BCUT2D eigenvalue weighted by atomic mass is 10.1. The van der Waals surface area contributed by atoms with E-state index in [1.807, 2.05) is 10.8 Å². The Morgan fingerprint density at radius 2 is 2.07 bits per heavy atom. The zero-order valence-electron chi connectivity index (χ0n) is 8.97. The van der Waals surface area contributed by atoms with Gasteiger partial charge in [-0.2, -0.15) is 0 Å². The highest BCUT2D eigenvalue weighted by molar-refractivity contribution is 9.05. The van der Waals surface area contributed by atoms with Crippen LogP contribution in [0.5, 0.6) is 0 Å². The maximum absolute atomic E-state index is 5.40. The predicted molar refractivity (Wildman–Crippen MR) is 78.3 cm³/mol. The molecule has 1 unspecified atom stereocenters. The third kappa shape index (κ3) is 4.87. The van der Waals surface area contributed by atoms with E-state index in [4.69, 9.17) is 4.43 Å². The lowest BCUT2D eigenvalue weighted by molar-refractivity contribution is 0.428. The standard InChI is InChI=1S/C10H16OS3Si/c1-10(13-14-12,15-11-2)8-9-6-4-3-5-7-9/h3-7,12H,8,15H2,1-2H3. The lowest BCUT2D eigenvalue weighted by Gasteiger charge is -2.25. The smallest absolute Gasteiger partial charge is 0.177 e. The fourth-order valence-corrected chi connectivity index (χ4v) is 7.67. The summed E-state index contributed by atoms with van der Waals surface area (Å²) in [5.74, 6) is 0.